The molecule has 0 spiro atoms. The molecule has 0 radical (unpaired) electrons. The number of hydrogen-bond acceptors (Lipinski definition) is 4. The minimum atomic E-state index is -4.67. The molecule has 3 heterocycles. The highest BCUT2D eigenvalue weighted by Crippen LogP contribution is 2.54. The van der Waals surface area contributed by atoms with Crippen molar-refractivity contribution >= 4 is 40.7 Å². The topological polar surface area (TPSA) is 74.2 Å². The van der Waals surface area contributed by atoms with Crippen LogP contribution in [0.5, 0.6) is 5.75 Å². The first-order chi connectivity index (χ1) is 17.7. The Morgan fingerprint density at radius 3 is 2.54 bits per heavy atom. The van der Waals surface area contributed by atoms with Gasteiger partial charge < -0.3 is 10.1 Å². The molecule has 2 atom stereocenters. The number of halogens is 4. The maximum Gasteiger partial charge on any atom is 0.416 e. The average Bonchev–Trinajstić information content (AvgIpc) is 3.27. The van der Waals surface area contributed by atoms with Crippen molar-refractivity contribution in [1.82, 2.24) is 4.90 Å². The minimum Gasteiger partial charge on any atom is -0.497 e. The van der Waals surface area contributed by atoms with Crippen LogP contribution in [0.15, 0.2) is 65.7 Å². The number of carbonyl (C=O) groups excluding carboxylic acids is 2. The number of fused-ring (bicyclic) bond motifs is 2. The van der Waals surface area contributed by atoms with Crippen LogP contribution >= 0.6 is 11.6 Å². The highest BCUT2D eigenvalue weighted by Gasteiger charge is 2.51. The summed E-state index contributed by atoms with van der Waals surface area (Å²) in [7, 11) is 1.50. The summed E-state index contributed by atoms with van der Waals surface area (Å²) in [6, 6.07) is 13.5. The van der Waals surface area contributed by atoms with Crippen LogP contribution in [-0.4, -0.2) is 36.3 Å². The van der Waals surface area contributed by atoms with E-state index in [1.807, 2.05) is 0 Å². The predicted octanol–water partition coefficient (Wildman–Crippen LogP) is 5.80. The monoisotopic (exact) mass is 526 g/mol. The summed E-state index contributed by atoms with van der Waals surface area (Å²) in [5, 5.41) is 3.00. The van der Waals surface area contributed by atoms with E-state index >= 15 is 0 Å². The third kappa shape index (κ3) is 3.71. The lowest BCUT2D eigenvalue weighted by molar-refractivity contribution is -0.137. The molecule has 188 valence electrons. The van der Waals surface area contributed by atoms with Gasteiger partial charge in [0.25, 0.3) is 0 Å². The Morgan fingerprint density at radius 2 is 1.84 bits per heavy atom. The zero-order chi connectivity index (χ0) is 26.1. The van der Waals surface area contributed by atoms with Crippen LogP contribution in [0.2, 0.25) is 5.02 Å². The van der Waals surface area contributed by atoms with Crippen molar-refractivity contribution in [3.63, 3.8) is 0 Å². The van der Waals surface area contributed by atoms with Crippen LogP contribution in [0.4, 0.5) is 29.3 Å². The molecular formula is C26H18ClF3N4O3. The van der Waals surface area contributed by atoms with Crippen LogP contribution in [-0.2, 0) is 11.0 Å². The number of urea groups is 1. The number of carbonyl (C=O) groups is 2. The summed E-state index contributed by atoms with van der Waals surface area (Å²) in [6.07, 6.45) is -4.67. The van der Waals surface area contributed by atoms with Crippen molar-refractivity contribution < 1.29 is 27.5 Å². The number of amidine groups is 1. The maximum atomic E-state index is 13.9. The minimum absolute atomic E-state index is 0.0567. The Bertz CT molecular complexity index is 1490. The second kappa shape index (κ2) is 8.24. The molecule has 1 N–H and O–H groups in total. The molecule has 0 aromatic heterocycles. The van der Waals surface area contributed by atoms with Gasteiger partial charge in [0.2, 0.25) is 5.91 Å². The number of anilines is 2. The normalized spacial score (nSPS) is 20.3. The molecule has 37 heavy (non-hydrogen) atoms. The van der Waals surface area contributed by atoms with Gasteiger partial charge in [-0.3, -0.25) is 19.6 Å². The Labute approximate surface area is 214 Å². The van der Waals surface area contributed by atoms with Crippen molar-refractivity contribution in [3.05, 3.63) is 87.9 Å². The van der Waals surface area contributed by atoms with Gasteiger partial charge in [0, 0.05) is 16.1 Å². The second-order valence-electron chi connectivity index (χ2n) is 8.87. The lowest BCUT2D eigenvalue weighted by Crippen LogP contribution is -2.54. The van der Waals surface area contributed by atoms with Crippen molar-refractivity contribution in [1.29, 1.82) is 0 Å². The van der Waals surface area contributed by atoms with Crippen LogP contribution < -0.4 is 15.0 Å². The van der Waals surface area contributed by atoms with E-state index in [0.29, 0.717) is 21.9 Å². The van der Waals surface area contributed by atoms with Gasteiger partial charge in [0.15, 0.2) is 0 Å². The smallest absolute Gasteiger partial charge is 0.416 e. The van der Waals surface area contributed by atoms with E-state index in [1.165, 1.54) is 16.9 Å². The van der Waals surface area contributed by atoms with Gasteiger partial charge in [-0.05, 0) is 42.0 Å². The molecule has 3 aliphatic heterocycles. The fraction of sp³-hybridized carbons (Fsp3) is 0.192. The number of methoxy groups -OCH3 is 1. The summed E-state index contributed by atoms with van der Waals surface area (Å²) < 4.78 is 47.1. The number of aliphatic imine (C=N–C) groups is 1. The van der Waals surface area contributed by atoms with Gasteiger partial charge in [0.05, 0.1) is 30.1 Å². The molecular weight excluding hydrogens is 509 g/mol. The predicted molar refractivity (Wildman–Crippen MR) is 131 cm³/mol. The van der Waals surface area contributed by atoms with Crippen LogP contribution in [0.25, 0.3) is 0 Å². The maximum absolute atomic E-state index is 13.9. The fourth-order valence-electron chi connectivity index (χ4n) is 5.10. The molecule has 3 amide bonds. The second-order valence-corrected chi connectivity index (χ2v) is 9.31. The van der Waals surface area contributed by atoms with E-state index in [4.69, 9.17) is 21.3 Å². The summed E-state index contributed by atoms with van der Waals surface area (Å²) in [5.41, 5.74) is 0.725. The number of rotatable bonds is 3. The molecule has 6 rings (SSSR count). The molecule has 2 unspecified atom stereocenters. The van der Waals surface area contributed by atoms with Crippen molar-refractivity contribution in [2.45, 2.75) is 18.3 Å². The van der Waals surface area contributed by atoms with Gasteiger partial charge in [-0.1, -0.05) is 35.9 Å². The molecule has 0 bridgehead atoms. The standard InChI is InChI=1S/C26H18ClF3N4O3/c1-37-17-4-2-3-14(9-17)24-32-21(13-5-7-16(27)8-6-13)23-18-10-15(26(28,29)30)11-19-22(18)33(12-20(35)31-19)25(36)34(23)24/h2-11,21,23H,12H2,1H3,(H,31,35). The highest BCUT2D eigenvalue weighted by atomic mass is 35.5. The number of amides is 3. The van der Waals surface area contributed by atoms with E-state index in [0.717, 1.165) is 12.1 Å². The molecule has 7 nitrogen and oxygen atoms in total. The van der Waals surface area contributed by atoms with Gasteiger partial charge in [-0.15, -0.1) is 0 Å². The van der Waals surface area contributed by atoms with Gasteiger partial charge in [-0.25, -0.2) is 4.79 Å². The Morgan fingerprint density at radius 1 is 1.08 bits per heavy atom. The van der Waals surface area contributed by atoms with E-state index in [-0.39, 0.29) is 29.3 Å². The van der Waals surface area contributed by atoms with Crippen LogP contribution in [0, 0.1) is 0 Å². The Hall–Kier alpha value is -4.05. The molecule has 0 saturated carbocycles. The zero-order valence-electron chi connectivity index (χ0n) is 19.2. The van der Waals surface area contributed by atoms with Gasteiger partial charge >= 0.3 is 12.2 Å². The average molecular weight is 527 g/mol. The Balaban J connectivity index is 1.61. The molecule has 11 heteroatoms. The van der Waals surface area contributed by atoms with E-state index in [1.54, 1.807) is 48.5 Å². The first kappa shape index (κ1) is 23.4. The molecule has 0 fully saturated rings. The molecule has 3 aliphatic rings. The lowest BCUT2D eigenvalue weighted by atomic mass is 9.88. The summed E-state index contributed by atoms with van der Waals surface area (Å²) in [6.45, 7) is -0.329. The number of ether oxygens (including phenoxy) is 1. The third-order valence-electron chi connectivity index (χ3n) is 6.67. The lowest BCUT2D eigenvalue weighted by Gasteiger charge is -2.43. The number of hydrogen-bond donors (Lipinski definition) is 1. The van der Waals surface area contributed by atoms with E-state index in [2.05, 4.69) is 5.32 Å². The highest BCUT2D eigenvalue weighted by molar-refractivity contribution is 6.30. The molecule has 3 aromatic carbocycles. The zero-order valence-corrected chi connectivity index (χ0v) is 20.0. The number of benzene rings is 3. The first-order valence-electron chi connectivity index (χ1n) is 11.3. The first-order valence-corrected chi connectivity index (χ1v) is 11.7. The van der Waals surface area contributed by atoms with E-state index < -0.39 is 35.8 Å². The van der Waals surface area contributed by atoms with Crippen LogP contribution in [0.1, 0.15) is 34.3 Å². The molecule has 0 aliphatic carbocycles. The van der Waals surface area contributed by atoms with Crippen molar-refractivity contribution in [2.75, 3.05) is 23.9 Å². The number of nitrogens with zero attached hydrogens (tertiary/aromatic N) is 3. The summed E-state index contributed by atoms with van der Waals surface area (Å²) in [5.74, 6) is 0.206. The van der Waals surface area contributed by atoms with Crippen LogP contribution in [0.3, 0.4) is 0 Å². The summed E-state index contributed by atoms with van der Waals surface area (Å²) >= 11 is 6.08. The van der Waals surface area contributed by atoms with Crippen molar-refractivity contribution in [3.8, 4) is 5.75 Å². The van der Waals surface area contributed by atoms with E-state index in [9.17, 15) is 22.8 Å². The number of nitrogens with one attached hydrogen (secondary N) is 1. The molecule has 0 saturated heterocycles. The quantitative estimate of drug-likeness (QED) is 0.468. The SMILES string of the molecule is COc1cccc(C2=NC(c3ccc(Cl)cc3)C3c4cc(C(F)(F)F)cc5c4N(CC(=O)N5)C(=O)N23)c1. The third-order valence-corrected chi connectivity index (χ3v) is 6.93. The largest absolute Gasteiger partial charge is 0.497 e. The summed E-state index contributed by atoms with van der Waals surface area (Å²) in [4.78, 5) is 33.8. The number of alkyl halides is 3. The van der Waals surface area contributed by atoms with Crippen molar-refractivity contribution in [2.24, 2.45) is 4.99 Å². The van der Waals surface area contributed by atoms with Gasteiger partial charge in [-0.2, -0.15) is 13.2 Å². The van der Waals surface area contributed by atoms with Gasteiger partial charge in [0.1, 0.15) is 24.2 Å². The fourth-order valence-corrected chi connectivity index (χ4v) is 5.22. The Kier molecular flexibility index (Phi) is 5.20. The molecule has 3 aromatic rings.